The van der Waals surface area contributed by atoms with E-state index in [0.29, 0.717) is 12.8 Å². The summed E-state index contributed by atoms with van der Waals surface area (Å²) in [7, 11) is 0. The van der Waals surface area contributed by atoms with Crippen molar-refractivity contribution < 1.29 is 18.3 Å². The molecule has 5 nitrogen and oxygen atoms in total. The summed E-state index contributed by atoms with van der Waals surface area (Å²) in [6.07, 6.45) is -2.84. The molecule has 0 unspecified atom stereocenters. The van der Waals surface area contributed by atoms with Crippen LogP contribution in [0.3, 0.4) is 0 Å². The molecule has 0 saturated heterocycles. The van der Waals surface area contributed by atoms with Gasteiger partial charge >= 0.3 is 6.18 Å². The van der Waals surface area contributed by atoms with E-state index >= 15 is 0 Å². The van der Waals surface area contributed by atoms with Crippen LogP contribution < -0.4 is 10.9 Å². The highest BCUT2D eigenvalue weighted by molar-refractivity contribution is 6.32. The first-order chi connectivity index (χ1) is 8.76. The van der Waals surface area contributed by atoms with Gasteiger partial charge in [0.05, 0.1) is 18.0 Å². The zero-order valence-electron chi connectivity index (χ0n) is 9.62. The van der Waals surface area contributed by atoms with E-state index in [-0.39, 0.29) is 21.4 Å². The number of hydrogen-bond acceptors (Lipinski definition) is 4. The van der Waals surface area contributed by atoms with Crippen LogP contribution >= 0.6 is 11.6 Å². The van der Waals surface area contributed by atoms with Crippen molar-refractivity contribution in [3.05, 3.63) is 21.6 Å². The van der Waals surface area contributed by atoms with Gasteiger partial charge in [-0.1, -0.05) is 11.6 Å². The molecule has 1 aromatic heterocycles. The van der Waals surface area contributed by atoms with Crippen LogP contribution in [0.1, 0.15) is 12.8 Å². The second kappa shape index (κ2) is 5.01. The van der Waals surface area contributed by atoms with Gasteiger partial charge in [-0.25, -0.2) is 4.68 Å². The first-order valence-corrected chi connectivity index (χ1v) is 5.91. The maximum Gasteiger partial charge on any atom is 0.408 e. The Kier molecular flexibility index (Phi) is 3.73. The van der Waals surface area contributed by atoms with Crippen LogP contribution in [-0.2, 0) is 6.54 Å². The molecule has 1 aromatic rings. The van der Waals surface area contributed by atoms with E-state index in [9.17, 15) is 18.0 Å². The second-order valence-corrected chi connectivity index (χ2v) is 4.79. The summed E-state index contributed by atoms with van der Waals surface area (Å²) in [5.74, 6) is 0. The summed E-state index contributed by atoms with van der Waals surface area (Å²) in [6.45, 7) is -1.48. The lowest BCUT2D eigenvalue weighted by Gasteiger charge is -2.32. The molecule has 19 heavy (non-hydrogen) atoms. The molecule has 1 aliphatic rings. The smallest absolute Gasteiger partial charge is 0.393 e. The number of anilines is 1. The summed E-state index contributed by atoms with van der Waals surface area (Å²) in [6, 6.07) is -0.0489. The third kappa shape index (κ3) is 3.38. The molecule has 0 atom stereocenters. The number of halogens is 4. The molecule has 0 amide bonds. The lowest BCUT2D eigenvalue weighted by atomic mass is 9.89. The first-order valence-electron chi connectivity index (χ1n) is 5.53. The van der Waals surface area contributed by atoms with Crippen LogP contribution in [0.15, 0.2) is 11.0 Å². The number of aromatic nitrogens is 2. The van der Waals surface area contributed by atoms with E-state index in [0.717, 1.165) is 6.20 Å². The SMILES string of the molecule is O=c1c(Cl)c(NC2CC(O)C2)cnn1CC(F)(F)F. The fourth-order valence-electron chi connectivity index (χ4n) is 1.77. The minimum absolute atomic E-state index is 0.0489. The Bertz CT molecular complexity index is 526. The zero-order valence-corrected chi connectivity index (χ0v) is 10.4. The van der Waals surface area contributed by atoms with E-state index < -0.39 is 24.4 Å². The molecule has 9 heteroatoms. The molecule has 2 N–H and O–H groups in total. The fraction of sp³-hybridized carbons (Fsp3) is 0.600. The monoisotopic (exact) mass is 297 g/mol. The number of aliphatic hydroxyl groups excluding tert-OH is 1. The minimum atomic E-state index is -4.53. The van der Waals surface area contributed by atoms with Gasteiger partial charge in [0.25, 0.3) is 5.56 Å². The number of aliphatic hydroxyl groups is 1. The molecule has 0 spiro atoms. The summed E-state index contributed by atoms with van der Waals surface area (Å²) in [4.78, 5) is 11.6. The lowest BCUT2D eigenvalue weighted by molar-refractivity contribution is -0.143. The molecular weight excluding hydrogens is 287 g/mol. The molecule has 0 radical (unpaired) electrons. The number of rotatable bonds is 3. The topological polar surface area (TPSA) is 67.2 Å². The Morgan fingerprint density at radius 3 is 2.68 bits per heavy atom. The lowest BCUT2D eigenvalue weighted by Crippen LogP contribution is -2.39. The molecule has 1 aliphatic carbocycles. The van der Waals surface area contributed by atoms with Crippen LogP contribution in [0.2, 0.25) is 5.02 Å². The molecule has 106 valence electrons. The highest BCUT2D eigenvalue weighted by Gasteiger charge is 2.31. The molecule has 2 rings (SSSR count). The van der Waals surface area contributed by atoms with E-state index in [4.69, 9.17) is 16.7 Å². The number of alkyl halides is 3. The molecule has 1 heterocycles. The summed E-state index contributed by atoms with van der Waals surface area (Å²) < 4.78 is 36.8. The normalized spacial score (nSPS) is 23.0. The largest absolute Gasteiger partial charge is 0.408 e. The van der Waals surface area contributed by atoms with Gasteiger partial charge in [-0.3, -0.25) is 4.79 Å². The highest BCUT2D eigenvalue weighted by atomic mass is 35.5. The molecule has 0 aliphatic heterocycles. The summed E-state index contributed by atoms with van der Waals surface area (Å²) in [5.41, 5.74) is -0.814. The van der Waals surface area contributed by atoms with Crippen molar-refractivity contribution in [3.8, 4) is 0 Å². The van der Waals surface area contributed by atoms with Gasteiger partial charge in [-0.05, 0) is 12.8 Å². The zero-order chi connectivity index (χ0) is 14.2. The predicted octanol–water partition coefficient (Wildman–Crippen LogP) is 1.39. The highest BCUT2D eigenvalue weighted by Crippen LogP contribution is 2.26. The predicted molar refractivity (Wildman–Crippen MR) is 62.2 cm³/mol. The maximum atomic E-state index is 12.2. The Morgan fingerprint density at radius 1 is 1.53 bits per heavy atom. The average molecular weight is 298 g/mol. The van der Waals surface area contributed by atoms with Crippen LogP contribution in [0.5, 0.6) is 0 Å². The third-order valence-corrected chi connectivity index (χ3v) is 3.15. The standard InChI is InChI=1S/C10H11ClF3N3O2/c11-8-7(16-5-1-6(18)2-5)3-15-17(9(8)19)4-10(12,13)14/h3,5-6,16,18H,1-2,4H2. The fourth-order valence-corrected chi connectivity index (χ4v) is 1.97. The Morgan fingerprint density at radius 2 is 2.16 bits per heavy atom. The Balaban J connectivity index is 2.15. The van der Waals surface area contributed by atoms with Crippen molar-refractivity contribution in [1.82, 2.24) is 9.78 Å². The second-order valence-electron chi connectivity index (χ2n) is 4.42. The van der Waals surface area contributed by atoms with Gasteiger partial charge in [-0.2, -0.15) is 18.3 Å². The number of hydrogen-bond donors (Lipinski definition) is 2. The van der Waals surface area contributed by atoms with Gasteiger partial charge in [0.1, 0.15) is 11.6 Å². The number of nitrogens with zero attached hydrogens (tertiary/aromatic N) is 2. The van der Waals surface area contributed by atoms with Crippen molar-refractivity contribution >= 4 is 17.3 Å². The van der Waals surface area contributed by atoms with Crippen molar-refractivity contribution in [2.45, 2.75) is 37.7 Å². The quantitative estimate of drug-likeness (QED) is 0.885. The van der Waals surface area contributed by atoms with Gasteiger partial charge in [0, 0.05) is 6.04 Å². The van der Waals surface area contributed by atoms with Crippen LogP contribution in [0, 0.1) is 0 Å². The summed E-state index contributed by atoms with van der Waals surface area (Å²) in [5, 5.41) is 15.1. The first kappa shape index (κ1) is 14.1. The Hall–Kier alpha value is -1.28. The molecule has 0 aromatic carbocycles. The molecule has 0 bridgehead atoms. The van der Waals surface area contributed by atoms with E-state index in [1.165, 1.54) is 0 Å². The van der Waals surface area contributed by atoms with Crippen LogP contribution in [0.4, 0.5) is 18.9 Å². The minimum Gasteiger partial charge on any atom is -0.393 e. The summed E-state index contributed by atoms with van der Waals surface area (Å²) >= 11 is 5.72. The molecule has 1 saturated carbocycles. The van der Waals surface area contributed by atoms with Crippen molar-refractivity contribution in [1.29, 1.82) is 0 Å². The van der Waals surface area contributed by atoms with Crippen molar-refractivity contribution in [2.24, 2.45) is 0 Å². The van der Waals surface area contributed by atoms with Gasteiger partial charge in [0.2, 0.25) is 0 Å². The Labute approximate surface area is 111 Å². The van der Waals surface area contributed by atoms with Gasteiger partial charge in [0.15, 0.2) is 0 Å². The van der Waals surface area contributed by atoms with E-state index in [1.807, 2.05) is 0 Å². The molecule has 1 fully saturated rings. The van der Waals surface area contributed by atoms with Crippen molar-refractivity contribution in [2.75, 3.05) is 5.32 Å². The van der Waals surface area contributed by atoms with Crippen LogP contribution in [-0.4, -0.2) is 33.2 Å². The molecular formula is C10H11ClF3N3O2. The van der Waals surface area contributed by atoms with Gasteiger partial charge in [-0.15, -0.1) is 0 Å². The number of nitrogens with one attached hydrogen (secondary N) is 1. The van der Waals surface area contributed by atoms with Gasteiger partial charge < -0.3 is 10.4 Å². The van der Waals surface area contributed by atoms with E-state index in [2.05, 4.69) is 10.4 Å². The van der Waals surface area contributed by atoms with Crippen LogP contribution in [0.25, 0.3) is 0 Å². The third-order valence-electron chi connectivity index (χ3n) is 2.79. The van der Waals surface area contributed by atoms with Crippen molar-refractivity contribution in [3.63, 3.8) is 0 Å². The van der Waals surface area contributed by atoms with E-state index in [1.54, 1.807) is 0 Å². The average Bonchev–Trinajstić information content (AvgIpc) is 2.24. The maximum absolute atomic E-state index is 12.2.